The van der Waals surface area contributed by atoms with Crippen LogP contribution in [0.1, 0.15) is 33.1 Å². The number of carbonyl (C=O) groups excluding carboxylic acids is 1. The second kappa shape index (κ2) is 13.7. The fourth-order valence-electron chi connectivity index (χ4n) is 2.19. The zero-order valence-electron chi connectivity index (χ0n) is 16.1. The Labute approximate surface area is 181 Å². The summed E-state index contributed by atoms with van der Waals surface area (Å²) in [5.41, 5.74) is 0. The number of aromatic nitrogens is 2. The Bertz CT molecular complexity index is 687. The van der Waals surface area contributed by atoms with Gasteiger partial charge in [0.15, 0.2) is 5.75 Å². The molecule has 0 saturated heterocycles. The zero-order valence-corrected chi connectivity index (χ0v) is 18.3. The molecule has 1 amide bonds. The lowest BCUT2D eigenvalue weighted by atomic mass is 10.3. The van der Waals surface area contributed by atoms with Gasteiger partial charge >= 0.3 is 6.03 Å². The number of imidazole rings is 1. The Morgan fingerprint density at radius 1 is 1.18 bits per heavy atom. The van der Waals surface area contributed by atoms with Gasteiger partial charge in [-0.3, -0.25) is 4.57 Å². The molecule has 0 radical (unpaired) electrons. The lowest BCUT2D eigenvalue weighted by Crippen LogP contribution is -2.37. The minimum atomic E-state index is -0.152. The highest BCUT2D eigenvalue weighted by atomic mass is 35.5. The van der Waals surface area contributed by atoms with Gasteiger partial charge in [-0.15, -0.1) is 0 Å². The molecule has 0 spiro atoms. The SMILES string of the molecule is CCCCO.CCCN(CCOc1c(Cl)cc(Cl)cc1Cl)C(=O)n1ccnc1. The number of amides is 1. The number of ether oxygens (including phenoxy) is 1. The van der Waals surface area contributed by atoms with Crippen LogP contribution in [0.5, 0.6) is 5.75 Å². The molecule has 1 heterocycles. The summed E-state index contributed by atoms with van der Waals surface area (Å²) < 4.78 is 7.05. The molecule has 28 heavy (non-hydrogen) atoms. The van der Waals surface area contributed by atoms with Crippen LogP contribution >= 0.6 is 34.8 Å². The summed E-state index contributed by atoms with van der Waals surface area (Å²) in [6, 6.07) is 2.97. The maximum atomic E-state index is 12.3. The number of unbranched alkanes of at least 4 members (excludes halogenated alkanes) is 1. The number of hydrogen-bond donors (Lipinski definition) is 1. The van der Waals surface area contributed by atoms with Crippen LogP contribution in [0.25, 0.3) is 0 Å². The van der Waals surface area contributed by atoms with Gasteiger partial charge in [-0.1, -0.05) is 55.1 Å². The largest absolute Gasteiger partial charge is 0.489 e. The van der Waals surface area contributed by atoms with Crippen LogP contribution in [0.4, 0.5) is 4.79 Å². The number of hydrogen-bond acceptors (Lipinski definition) is 4. The molecule has 0 aliphatic heterocycles. The van der Waals surface area contributed by atoms with Crippen LogP contribution in [-0.4, -0.2) is 51.9 Å². The maximum absolute atomic E-state index is 12.3. The maximum Gasteiger partial charge on any atom is 0.329 e. The van der Waals surface area contributed by atoms with E-state index in [0.29, 0.717) is 40.5 Å². The van der Waals surface area contributed by atoms with E-state index in [4.69, 9.17) is 44.6 Å². The number of nitrogens with zero attached hydrogens (tertiary/aromatic N) is 3. The topological polar surface area (TPSA) is 67.6 Å². The normalized spacial score (nSPS) is 10.2. The molecule has 0 atom stereocenters. The molecule has 0 aliphatic carbocycles. The standard InChI is InChI=1S/C15H16Cl3N3O2.C4H10O/c1-2-4-20(15(22)21-5-3-19-10-21)6-7-23-14-12(17)8-11(16)9-13(14)18;1-2-3-4-5/h3,5,8-10H,2,4,6-7H2,1H3;5H,2-4H2,1H3. The van der Waals surface area contributed by atoms with E-state index >= 15 is 0 Å². The predicted octanol–water partition coefficient (Wildman–Crippen LogP) is 5.38. The molecule has 1 N–H and O–H groups in total. The molecular formula is C19H26Cl3N3O3. The first-order valence-corrected chi connectivity index (χ1v) is 10.2. The van der Waals surface area contributed by atoms with Crippen LogP contribution in [-0.2, 0) is 0 Å². The molecule has 2 rings (SSSR count). The fraction of sp³-hybridized carbons (Fsp3) is 0.474. The molecule has 0 saturated carbocycles. The van der Waals surface area contributed by atoms with Crippen molar-refractivity contribution in [1.29, 1.82) is 0 Å². The zero-order chi connectivity index (χ0) is 20.9. The summed E-state index contributed by atoms with van der Waals surface area (Å²) in [5.74, 6) is 0.365. The molecule has 0 fully saturated rings. The highest BCUT2D eigenvalue weighted by Crippen LogP contribution is 2.35. The van der Waals surface area contributed by atoms with Crippen LogP contribution < -0.4 is 4.74 Å². The van der Waals surface area contributed by atoms with Gasteiger partial charge in [-0.25, -0.2) is 9.78 Å². The Kier molecular flexibility index (Phi) is 12.0. The van der Waals surface area contributed by atoms with Crippen molar-refractivity contribution in [2.24, 2.45) is 0 Å². The van der Waals surface area contributed by atoms with Gasteiger partial charge in [-0.05, 0) is 25.0 Å². The van der Waals surface area contributed by atoms with E-state index in [9.17, 15) is 4.79 Å². The molecule has 1 aromatic heterocycles. The van der Waals surface area contributed by atoms with E-state index in [0.717, 1.165) is 19.3 Å². The van der Waals surface area contributed by atoms with Crippen molar-refractivity contribution in [3.63, 3.8) is 0 Å². The first-order valence-electron chi connectivity index (χ1n) is 9.09. The Balaban J connectivity index is 0.000000696. The van der Waals surface area contributed by atoms with Gasteiger partial charge in [0.05, 0.1) is 16.6 Å². The molecule has 9 heteroatoms. The van der Waals surface area contributed by atoms with E-state index in [1.54, 1.807) is 29.4 Å². The van der Waals surface area contributed by atoms with Crippen LogP contribution in [0.2, 0.25) is 15.1 Å². The van der Waals surface area contributed by atoms with Gasteiger partial charge in [-0.2, -0.15) is 0 Å². The van der Waals surface area contributed by atoms with E-state index < -0.39 is 0 Å². The second-order valence-corrected chi connectivity index (χ2v) is 7.11. The fourth-order valence-corrected chi connectivity index (χ4v) is 3.12. The average Bonchev–Trinajstić information content (AvgIpc) is 3.18. The van der Waals surface area contributed by atoms with Gasteiger partial charge in [0.1, 0.15) is 12.9 Å². The van der Waals surface area contributed by atoms with Crippen molar-refractivity contribution in [1.82, 2.24) is 14.5 Å². The van der Waals surface area contributed by atoms with E-state index in [1.165, 1.54) is 10.9 Å². The lowest BCUT2D eigenvalue weighted by molar-refractivity contribution is 0.184. The molecule has 0 aliphatic rings. The number of halogens is 3. The second-order valence-electron chi connectivity index (χ2n) is 5.86. The minimum Gasteiger partial charge on any atom is -0.489 e. The number of aliphatic hydroxyl groups is 1. The molecule has 0 unspecified atom stereocenters. The smallest absolute Gasteiger partial charge is 0.329 e. The number of benzene rings is 1. The predicted molar refractivity (Wildman–Crippen MR) is 114 cm³/mol. The number of carbonyl (C=O) groups is 1. The summed E-state index contributed by atoms with van der Waals surface area (Å²) >= 11 is 18.0. The third-order valence-corrected chi connectivity index (χ3v) is 4.35. The first-order chi connectivity index (χ1) is 13.4. The molecule has 6 nitrogen and oxygen atoms in total. The summed E-state index contributed by atoms with van der Waals surface area (Å²) in [6.07, 6.45) is 7.52. The lowest BCUT2D eigenvalue weighted by Gasteiger charge is -2.22. The van der Waals surface area contributed by atoms with Crippen molar-refractivity contribution in [2.45, 2.75) is 33.1 Å². The molecule has 1 aromatic carbocycles. The van der Waals surface area contributed by atoms with E-state index in [2.05, 4.69) is 11.9 Å². The van der Waals surface area contributed by atoms with Gasteiger partial charge in [0.25, 0.3) is 0 Å². The van der Waals surface area contributed by atoms with Crippen molar-refractivity contribution < 1.29 is 14.6 Å². The quantitative estimate of drug-likeness (QED) is 0.586. The summed E-state index contributed by atoms with van der Waals surface area (Å²) in [6.45, 7) is 5.68. The highest BCUT2D eigenvalue weighted by molar-refractivity contribution is 6.40. The third-order valence-electron chi connectivity index (χ3n) is 3.57. The first kappa shape index (κ1) is 24.6. The monoisotopic (exact) mass is 449 g/mol. The van der Waals surface area contributed by atoms with E-state index in [1.807, 2.05) is 6.92 Å². The third kappa shape index (κ3) is 8.27. The number of rotatable bonds is 8. The highest BCUT2D eigenvalue weighted by Gasteiger charge is 2.15. The molecular weight excluding hydrogens is 425 g/mol. The van der Waals surface area contributed by atoms with Crippen molar-refractivity contribution in [3.05, 3.63) is 45.9 Å². The van der Waals surface area contributed by atoms with Crippen molar-refractivity contribution in [2.75, 3.05) is 26.3 Å². The molecule has 156 valence electrons. The Hall–Kier alpha value is -1.47. The van der Waals surface area contributed by atoms with Crippen LogP contribution in [0.3, 0.4) is 0 Å². The van der Waals surface area contributed by atoms with Gasteiger partial charge < -0.3 is 14.7 Å². The van der Waals surface area contributed by atoms with Crippen LogP contribution in [0, 0.1) is 0 Å². The van der Waals surface area contributed by atoms with Crippen molar-refractivity contribution in [3.8, 4) is 5.75 Å². The summed E-state index contributed by atoms with van der Waals surface area (Å²) in [7, 11) is 0. The summed E-state index contributed by atoms with van der Waals surface area (Å²) in [4.78, 5) is 17.9. The molecule has 2 aromatic rings. The van der Waals surface area contributed by atoms with Crippen LogP contribution in [0.15, 0.2) is 30.9 Å². The van der Waals surface area contributed by atoms with Crippen molar-refractivity contribution >= 4 is 40.8 Å². The van der Waals surface area contributed by atoms with E-state index in [-0.39, 0.29) is 12.6 Å². The minimum absolute atomic E-state index is 0.152. The van der Waals surface area contributed by atoms with Gasteiger partial charge in [0, 0.05) is 30.6 Å². The Morgan fingerprint density at radius 3 is 2.32 bits per heavy atom. The van der Waals surface area contributed by atoms with Gasteiger partial charge in [0.2, 0.25) is 0 Å². The average molecular weight is 451 g/mol. The molecule has 0 bridgehead atoms. The number of aliphatic hydroxyl groups excluding tert-OH is 1. The Morgan fingerprint density at radius 2 is 1.86 bits per heavy atom. The summed E-state index contributed by atoms with van der Waals surface area (Å²) in [5, 5.41) is 9.18.